The zero-order chi connectivity index (χ0) is 19.7. The van der Waals surface area contributed by atoms with Crippen molar-refractivity contribution in [3.63, 3.8) is 0 Å². The van der Waals surface area contributed by atoms with Crippen LogP contribution in [-0.4, -0.2) is 26.3 Å². The van der Waals surface area contributed by atoms with E-state index in [1.165, 1.54) is 23.9 Å². The van der Waals surface area contributed by atoms with Crippen molar-refractivity contribution in [2.45, 2.75) is 23.1 Å². The number of fused-ring (bicyclic) bond motifs is 1. The van der Waals surface area contributed by atoms with Gasteiger partial charge in [-0.1, -0.05) is 36.0 Å². The number of para-hydroxylation sites is 1. The normalized spacial score (nSPS) is 18.3. The molecule has 28 heavy (non-hydrogen) atoms. The molecule has 8 heteroatoms. The molecule has 2 aromatic carbocycles. The summed E-state index contributed by atoms with van der Waals surface area (Å²) in [6, 6.07) is 15.1. The highest BCUT2D eigenvalue weighted by Crippen LogP contribution is 2.42. The summed E-state index contributed by atoms with van der Waals surface area (Å²) in [6.45, 7) is 2.03. The second kappa shape index (κ2) is 7.12. The van der Waals surface area contributed by atoms with E-state index < -0.39 is 10.7 Å². The van der Waals surface area contributed by atoms with Crippen molar-refractivity contribution >= 4 is 35.1 Å². The Morgan fingerprint density at radius 2 is 1.96 bits per heavy atom. The van der Waals surface area contributed by atoms with Gasteiger partial charge in [-0.05, 0) is 36.8 Å². The third-order valence-electron chi connectivity index (χ3n) is 4.46. The molecule has 0 radical (unpaired) electrons. The van der Waals surface area contributed by atoms with Crippen LogP contribution >= 0.6 is 11.8 Å². The van der Waals surface area contributed by atoms with Gasteiger partial charge in [-0.2, -0.15) is 5.10 Å². The van der Waals surface area contributed by atoms with Crippen LogP contribution in [0.4, 0.5) is 15.9 Å². The largest absolute Gasteiger partial charge is 0.323 e. The Bertz CT molecular complexity index is 1050. The van der Waals surface area contributed by atoms with Crippen LogP contribution in [0.2, 0.25) is 0 Å². The number of nitrogens with one attached hydrogen (secondary N) is 2. The van der Waals surface area contributed by atoms with E-state index in [1.807, 2.05) is 18.2 Å². The number of thioether (sulfide) groups is 1. The molecule has 142 valence electrons. The molecule has 1 unspecified atom stereocenters. The topological polar surface area (TPSA) is 76.0 Å². The van der Waals surface area contributed by atoms with Gasteiger partial charge in [0.2, 0.25) is 5.91 Å². The van der Waals surface area contributed by atoms with Crippen molar-refractivity contribution in [2.24, 2.45) is 0 Å². The van der Waals surface area contributed by atoms with Gasteiger partial charge < -0.3 is 10.6 Å². The molecule has 0 fully saturated rings. The van der Waals surface area contributed by atoms with Gasteiger partial charge in [-0.15, -0.1) is 0 Å². The number of anilines is 2. The first kappa shape index (κ1) is 18.2. The van der Waals surface area contributed by atoms with Crippen LogP contribution in [0.25, 0.3) is 0 Å². The Balaban J connectivity index is 1.47. The number of rotatable bonds is 4. The number of hydrogen-bond donors (Lipinski definition) is 2. The molecule has 6 nitrogen and oxygen atoms in total. The lowest BCUT2D eigenvalue weighted by Gasteiger charge is -2.31. The van der Waals surface area contributed by atoms with Crippen molar-refractivity contribution in [3.05, 3.63) is 72.2 Å². The molecule has 0 saturated carbocycles. The van der Waals surface area contributed by atoms with E-state index >= 15 is 0 Å². The van der Waals surface area contributed by atoms with E-state index in [4.69, 9.17) is 0 Å². The molecule has 3 aromatic rings. The highest BCUT2D eigenvalue weighted by atomic mass is 32.2. The summed E-state index contributed by atoms with van der Waals surface area (Å²) in [6.07, 6.45) is 1.71. The van der Waals surface area contributed by atoms with E-state index in [0.29, 0.717) is 18.1 Å². The van der Waals surface area contributed by atoms with Crippen LogP contribution in [0.15, 0.2) is 65.7 Å². The third kappa shape index (κ3) is 3.50. The minimum absolute atomic E-state index is 0.296. The molecule has 2 heterocycles. The van der Waals surface area contributed by atoms with Crippen LogP contribution in [0.1, 0.15) is 12.5 Å². The first-order chi connectivity index (χ1) is 13.4. The lowest BCUT2D eigenvalue weighted by atomic mass is 10.1. The van der Waals surface area contributed by atoms with Crippen molar-refractivity contribution in [1.29, 1.82) is 0 Å². The van der Waals surface area contributed by atoms with Gasteiger partial charge >= 0.3 is 0 Å². The fourth-order valence-corrected chi connectivity index (χ4v) is 3.95. The van der Waals surface area contributed by atoms with Gasteiger partial charge in [0.1, 0.15) is 5.82 Å². The summed E-state index contributed by atoms with van der Waals surface area (Å²) < 4.78 is 13.3. The van der Waals surface area contributed by atoms with Crippen LogP contribution in [0, 0.1) is 5.82 Å². The highest BCUT2D eigenvalue weighted by molar-refractivity contribution is 8.02. The average Bonchev–Trinajstić information content (AvgIpc) is 3.11. The molecule has 0 aliphatic carbocycles. The molecule has 1 aliphatic heterocycles. The number of carbonyl (C=O) groups is 2. The Morgan fingerprint density at radius 3 is 2.75 bits per heavy atom. The molecule has 1 aliphatic rings. The summed E-state index contributed by atoms with van der Waals surface area (Å²) in [7, 11) is 0. The Morgan fingerprint density at radius 1 is 1.21 bits per heavy atom. The van der Waals surface area contributed by atoms with E-state index in [-0.39, 0.29) is 11.7 Å². The van der Waals surface area contributed by atoms with Crippen molar-refractivity contribution in [2.75, 3.05) is 10.6 Å². The molecule has 0 spiro atoms. The summed E-state index contributed by atoms with van der Waals surface area (Å²) in [4.78, 5) is 26.2. The van der Waals surface area contributed by atoms with Crippen molar-refractivity contribution in [1.82, 2.24) is 9.78 Å². The minimum Gasteiger partial charge on any atom is -0.323 e. The SMILES string of the molecule is CC1(C(=O)Nc2ccn(Cc3ccc(F)cc3)n2)Sc2ccccc2NC1=O. The van der Waals surface area contributed by atoms with Crippen LogP contribution in [0.3, 0.4) is 0 Å². The maximum absolute atomic E-state index is 13.0. The van der Waals surface area contributed by atoms with E-state index in [9.17, 15) is 14.0 Å². The lowest BCUT2D eigenvalue weighted by molar-refractivity contribution is -0.126. The number of carbonyl (C=O) groups excluding carboxylic acids is 2. The second-order valence-corrected chi connectivity index (χ2v) is 8.03. The van der Waals surface area contributed by atoms with Crippen molar-refractivity contribution in [3.8, 4) is 0 Å². The molecule has 0 saturated heterocycles. The third-order valence-corrected chi connectivity index (χ3v) is 5.81. The quantitative estimate of drug-likeness (QED) is 0.662. The van der Waals surface area contributed by atoms with Gasteiger partial charge in [0.15, 0.2) is 10.6 Å². The summed E-state index contributed by atoms with van der Waals surface area (Å²) in [5.74, 6) is -0.771. The molecule has 2 amide bonds. The number of aromatic nitrogens is 2. The molecule has 1 atom stereocenters. The van der Waals surface area contributed by atoms with Crippen LogP contribution in [0.5, 0.6) is 0 Å². The first-order valence-corrected chi connectivity index (χ1v) is 9.44. The standard InChI is InChI=1S/C20H17FN4O2S/c1-20(18(26)22-15-4-2-3-5-16(15)28-20)19(27)23-17-10-11-25(24-17)12-13-6-8-14(21)9-7-13/h2-11H,12H2,1H3,(H,22,26)(H,23,24,27). The first-order valence-electron chi connectivity index (χ1n) is 8.63. The smallest absolute Gasteiger partial charge is 0.251 e. The van der Waals surface area contributed by atoms with Gasteiger partial charge in [0.25, 0.3) is 5.91 Å². The van der Waals surface area contributed by atoms with Crippen LogP contribution in [-0.2, 0) is 16.1 Å². The average molecular weight is 396 g/mol. The van der Waals surface area contributed by atoms with Crippen molar-refractivity contribution < 1.29 is 14.0 Å². The fraction of sp³-hybridized carbons (Fsp3) is 0.150. The number of benzene rings is 2. The summed E-state index contributed by atoms with van der Waals surface area (Å²) >= 11 is 1.21. The van der Waals surface area contributed by atoms with Gasteiger partial charge in [-0.25, -0.2) is 4.39 Å². The predicted octanol–water partition coefficient (Wildman–Crippen LogP) is 3.51. The fourth-order valence-electron chi connectivity index (χ4n) is 2.85. The maximum atomic E-state index is 13.0. The summed E-state index contributed by atoms with van der Waals surface area (Å²) in [5, 5.41) is 9.81. The molecule has 4 rings (SSSR count). The zero-order valence-electron chi connectivity index (χ0n) is 15.0. The number of halogens is 1. The van der Waals surface area contributed by atoms with E-state index in [0.717, 1.165) is 10.5 Å². The number of amides is 2. The monoisotopic (exact) mass is 396 g/mol. The zero-order valence-corrected chi connectivity index (χ0v) is 15.8. The molecule has 1 aromatic heterocycles. The predicted molar refractivity (Wildman–Crippen MR) is 106 cm³/mol. The Kier molecular flexibility index (Phi) is 4.64. The highest BCUT2D eigenvalue weighted by Gasteiger charge is 2.46. The van der Waals surface area contributed by atoms with E-state index in [1.54, 1.807) is 42.1 Å². The van der Waals surface area contributed by atoms with Gasteiger partial charge in [0, 0.05) is 17.2 Å². The Hall–Kier alpha value is -3.13. The van der Waals surface area contributed by atoms with E-state index in [2.05, 4.69) is 15.7 Å². The molecular weight excluding hydrogens is 379 g/mol. The van der Waals surface area contributed by atoms with Crippen LogP contribution < -0.4 is 10.6 Å². The molecular formula is C20H17FN4O2S. The van der Waals surface area contributed by atoms with Gasteiger partial charge in [-0.3, -0.25) is 14.3 Å². The Labute approximate surface area is 165 Å². The molecule has 0 bridgehead atoms. The number of hydrogen-bond acceptors (Lipinski definition) is 4. The maximum Gasteiger partial charge on any atom is 0.251 e. The minimum atomic E-state index is -1.31. The second-order valence-electron chi connectivity index (χ2n) is 6.56. The lowest BCUT2D eigenvalue weighted by Crippen LogP contribution is -2.49. The van der Waals surface area contributed by atoms with Gasteiger partial charge in [0.05, 0.1) is 12.2 Å². The molecule has 2 N–H and O–H groups in total. The summed E-state index contributed by atoms with van der Waals surface area (Å²) in [5.41, 5.74) is 1.58. The number of nitrogens with zero attached hydrogens (tertiary/aromatic N) is 2.